The fourth-order valence-electron chi connectivity index (χ4n) is 2.59. The minimum absolute atomic E-state index is 0.0532. The number of benzene rings is 1. The topological polar surface area (TPSA) is 58.6 Å². The monoisotopic (exact) mass is 370 g/mol. The number of halogens is 1. The molecule has 1 atom stereocenters. The van der Waals surface area contributed by atoms with Crippen LogP contribution in [0.1, 0.15) is 19.8 Å². The van der Waals surface area contributed by atoms with Gasteiger partial charge in [0, 0.05) is 31.0 Å². The summed E-state index contributed by atoms with van der Waals surface area (Å²) in [5.74, 6) is 2.14. The quantitative estimate of drug-likeness (QED) is 0.715. The van der Waals surface area contributed by atoms with Crippen LogP contribution in [0, 0.1) is 5.92 Å². The third kappa shape index (κ3) is 4.80. The van der Waals surface area contributed by atoms with Crippen LogP contribution < -0.4 is 15.0 Å². The normalized spacial score (nSPS) is 17.2. The Bertz CT molecular complexity index is 597. The molecule has 1 N–H and O–H groups in total. The van der Waals surface area contributed by atoms with Gasteiger partial charge in [-0.1, -0.05) is 18.5 Å². The third-order valence-electron chi connectivity index (χ3n) is 3.84. The molecule has 0 aliphatic carbocycles. The van der Waals surface area contributed by atoms with Crippen molar-refractivity contribution in [3.63, 3.8) is 0 Å². The van der Waals surface area contributed by atoms with Gasteiger partial charge in [-0.05, 0) is 30.4 Å². The molecule has 0 bridgehead atoms. The Morgan fingerprint density at radius 2 is 2.25 bits per heavy atom. The highest BCUT2D eigenvalue weighted by atomic mass is 35.5. The molecule has 2 rings (SSSR count). The van der Waals surface area contributed by atoms with Crippen molar-refractivity contribution in [1.82, 2.24) is 5.32 Å². The standard InChI is InChI=1S/C17H23ClN2O3S/c1-3-7-24-8-6-19-17(22)12-9-16(21)20(11-12)13-4-5-15(23-2)14(18)10-13/h4-5,10,12H,3,6-9,11H2,1-2H3,(H,19,22). The molecule has 0 radical (unpaired) electrons. The van der Waals surface area contributed by atoms with Crippen molar-refractivity contribution < 1.29 is 14.3 Å². The van der Waals surface area contributed by atoms with Crippen LogP contribution >= 0.6 is 23.4 Å². The lowest BCUT2D eigenvalue weighted by Crippen LogP contribution is -2.34. The van der Waals surface area contributed by atoms with Gasteiger partial charge in [0.15, 0.2) is 0 Å². The second-order valence-electron chi connectivity index (χ2n) is 5.63. The lowest BCUT2D eigenvalue weighted by molar-refractivity contribution is -0.126. The van der Waals surface area contributed by atoms with Crippen LogP contribution in [0.2, 0.25) is 5.02 Å². The second-order valence-corrected chi connectivity index (χ2v) is 7.26. The summed E-state index contributed by atoms with van der Waals surface area (Å²) < 4.78 is 5.12. The number of amides is 2. The summed E-state index contributed by atoms with van der Waals surface area (Å²) in [6.07, 6.45) is 1.37. The minimum atomic E-state index is -0.311. The van der Waals surface area contributed by atoms with Gasteiger partial charge >= 0.3 is 0 Å². The Morgan fingerprint density at radius 1 is 1.46 bits per heavy atom. The van der Waals surface area contributed by atoms with Gasteiger partial charge in [0.25, 0.3) is 0 Å². The molecule has 1 fully saturated rings. The van der Waals surface area contributed by atoms with Crippen LogP contribution in [0.5, 0.6) is 5.75 Å². The lowest BCUT2D eigenvalue weighted by atomic mass is 10.1. The maximum absolute atomic E-state index is 12.2. The van der Waals surface area contributed by atoms with Gasteiger partial charge in [-0.15, -0.1) is 0 Å². The van der Waals surface area contributed by atoms with Crippen LogP contribution in [0.15, 0.2) is 18.2 Å². The molecule has 0 spiro atoms. The van der Waals surface area contributed by atoms with Crippen molar-refractivity contribution in [2.45, 2.75) is 19.8 Å². The summed E-state index contributed by atoms with van der Waals surface area (Å²) in [6.45, 7) is 3.16. The summed E-state index contributed by atoms with van der Waals surface area (Å²) in [5, 5.41) is 3.37. The van der Waals surface area contributed by atoms with Crippen molar-refractivity contribution in [2.75, 3.05) is 36.6 Å². The van der Waals surface area contributed by atoms with E-state index in [4.69, 9.17) is 16.3 Å². The van der Waals surface area contributed by atoms with Gasteiger partial charge in [0.1, 0.15) is 5.75 Å². The SMILES string of the molecule is CCCSCCNC(=O)C1CC(=O)N(c2ccc(OC)c(Cl)c2)C1. The molecule has 1 heterocycles. The molecule has 24 heavy (non-hydrogen) atoms. The molecule has 1 aromatic rings. The molecule has 2 amide bonds. The first-order valence-corrected chi connectivity index (χ1v) is 9.59. The summed E-state index contributed by atoms with van der Waals surface area (Å²) in [6, 6.07) is 5.20. The number of hydrogen-bond donors (Lipinski definition) is 1. The summed E-state index contributed by atoms with van der Waals surface area (Å²) in [5.41, 5.74) is 0.694. The maximum Gasteiger partial charge on any atom is 0.227 e. The van der Waals surface area contributed by atoms with Gasteiger partial charge in [-0.25, -0.2) is 0 Å². The zero-order valence-corrected chi connectivity index (χ0v) is 15.6. The average Bonchev–Trinajstić information content (AvgIpc) is 2.96. The average molecular weight is 371 g/mol. The van der Waals surface area contributed by atoms with Gasteiger partial charge in [0.05, 0.1) is 18.1 Å². The van der Waals surface area contributed by atoms with E-state index in [2.05, 4.69) is 12.2 Å². The minimum Gasteiger partial charge on any atom is -0.495 e. The fraction of sp³-hybridized carbons (Fsp3) is 0.529. The summed E-state index contributed by atoms with van der Waals surface area (Å²) in [4.78, 5) is 26.1. The Balaban J connectivity index is 1.90. The van der Waals surface area contributed by atoms with Crippen molar-refractivity contribution in [1.29, 1.82) is 0 Å². The lowest BCUT2D eigenvalue weighted by Gasteiger charge is -2.17. The molecular weight excluding hydrogens is 348 g/mol. The van der Waals surface area contributed by atoms with Crippen molar-refractivity contribution in [2.24, 2.45) is 5.92 Å². The van der Waals surface area contributed by atoms with Gasteiger partial charge in [-0.2, -0.15) is 11.8 Å². The number of methoxy groups -OCH3 is 1. The number of rotatable bonds is 8. The third-order valence-corrected chi connectivity index (χ3v) is 5.32. The zero-order chi connectivity index (χ0) is 17.5. The molecule has 1 aliphatic rings. The summed E-state index contributed by atoms with van der Waals surface area (Å²) in [7, 11) is 1.54. The van der Waals surface area contributed by atoms with E-state index in [0.29, 0.717) is 29.5 Å². The Labute approximate surface area is 152 Å². The molecule has 0 saturated carbocycles. The van der Waals surface area contributed by atoms with E-state index in [1.807, 2.05) is 11.8 Å². The predicted molar refractivity (Wildman–Crippen MR) is 99.1 cm³/mol. The number of ether oxygens (including phenoxy) is 1. The van der Waals surface area contributed by atoms with E-state index < -0.39 is 0 Å². The van der Waals surface area contributed by atoms with Gasteiger partial charge in [0.2, 0.25) is 11.8 Å². The molecular formula is C17H23ClN2O3S. The van der Waals surface area contributed by atoms with E-state index in [0.717, 1.165) is 17.9 Å². The number of nitrogens with zero attached hydrogens (tertiary/aromatic N) is 1. The molecule has 5 nitrogen and oxygen atoms in total. The zero-order valence-electron chi connectivity index (χ0n) is 14.0. The largest absolute Gasteiger partial charge is 0.495 e. The Morgan fingerprint density at radius 3 is 2.92 bits per heavy atom. The van der Waals surface area contributed by atoms with Crippen LogP contribution in [0.4, 0.5) is 5.69 Å². The van der Waals surface area contributed by atoms with Gasteiger partial charge in [-0.3, -0.25) is 9.59 Å². The van der Waals surface area contributed by atoms with E-state index in [1.54, 1.807) is 30.2 Å². The highest BCUT2D eigenvalue weighted by Gasteiger charge is 2.35. The van der Waals surface area contributed by atoms with Crippen LogP contribution in [0.3, 0.4) is 0 Å². The Hall–Kier alpha value is -1.40. The van der Waals surface area contributed by atoms with E-state index in [-0.39, 0.29) is 24.2 Å². The number of carbonyl (C=O) groups excluding carboxylic acids is 2. The first kappa shape index (κ1) is 18.9. The number of nitrogens with one attached hydrogen (secondary N) is 1. The molecule has 0 aromatic heterocycles. The number of carbonyl (C=O) groups is 2. The molecule has 1 unspecified atom stereocenters. The van der Waals surface area contributed by atoms with E-state index in [9.17, 15) is 9.59 Å². The highest BCUT2D eigenvalue weighted by molar-refractivity contribution is 7.99. The molecule has 132 valence electrons. The first-order chi connectivity index (χ1) is 11.6. The van der Waals surface area contributed by atoms with Crippen molar-refractivity contribution in [3.8, 4) is 5.75 Å². The molecule has 1 aliphatic heterocycles. The molecule has 7 heteroatoms. The van der Waals surface area contributed by atoms with Crippen LogP contribution in [-0.4, -0.2) is 43.5 Å². The maximum atomic E-state index is 12.2. The van der Waals surface area contributed by atoms with Crippen LogP contribution in [0.25, 0.3) is 0 Å². The van der Waals surface area contributed by atoms with Gasteiger partial charge < -0.3 is 15.0 Å². The smallest absolute Gasteiger partial charge is 0.227 e. The molecule has 1 saturated heterocycles. The predicted octanol–water partition coefficient (Wildman–Crippen LogP) is 2.96. The first-order valence-electron chi connectivity index (χ1n) is 8.06. The second kappa shape index (κ2) is 9.18. The molecule has 1 aromatic carbocycles. The number of anilines is 1. The highest BCUT2D eigenvalue weighted by Crippen LogP contribution is 2.32. The fourth-order valence-corrected chi connectivity index (χ4v) is 3.58. The van der Waals surface area contributed by atoms with E-state index in [1.165, 1.54) is 0 Å². The van der Waals surface area contributed by atoms with Crippen molar-refractivity contribution in [3.05, 3.63) is 23.2 Å². The number of thioether (sulfide) groups is 1. The van der Waals surface area contributed by atoms with Crippen molar-refractivity contribution >= 4 is 40.9 Å². The van der Waals surface area contributed by atoms with E-state index >= 15 is 0 Å². The summed E-state index contributed by atoms with van der Waals surface area (Å²) >= 11 is 7.94. The number of hydrogen-bond acceptors (Lipinski definition) is 4. The Kier molecular flexibility index (Phi) is 7.24. The van der Waals surface area contributed by atoms with Crippen LogP contribution in [-0.2, 0) is 9.59 Å².